The number of H-pyrrole nitrogens is 1. The molecule has 3 heterocycles. The van der Waals surface area contributed by atoms with E-state index in [1.807, 2.05) is 12.1 Å². The van der Waals surface area contributed by atoms with E-state index in [4.69, 9.17) is 16.6 Å². The summed E-state index contributed by atoms with van der Waals surface area (Å²) in [5, 5.41) is 1.06. The molecule has 0 unspecified atom stereocenters. The summed E-state index contributed by atoms with van der Waals surface area (Å²) in [6.07, 6.45) is 3.99. The van der Waals surface area contributed by atoms with Gasteiger partial charge in [-0.05, 0) is 73.3 Å². The smallest absolute Gasteiger partial charge is 0.258 e. The molecule has 0 radical (unpaired) electrons. The minimum atomic E-state index is -0.654. The number of halogens is 3. The number of pyridine rings is 1. The number of likely N-dealkylation sites (tertiary alicyclic amines) is 1. The number of nitrogens with one attached hydrogen (secondary N) is 1. The highest BCUT2D eigenvalue weighted by Gasteiger charge is 2.22. The molecule has 35 heavy (non-hydrogen) atoms. The van der Waals surface area contributed by atoms with Crippen molar-refractivity contribution in [3.63, 3.8) is 0 Å². The molecular weight excluding hydrogens is 470 g/mol. The maximum atomic E-state index is 13.5. The Morgan fingerprint density at radius 3 is 2.63 bits per heavy atom. The molecule has 0 spiro atoms. The Hall–Kier alpha value is -3.16. The average Bonchev–Trinajstić information content (AvgIpc) is 3.28. The van der Waals surface area contributed by atoms with E-state index in [1.54, 1.807) is 18.3 Å². The van der Waals surface area contributed by atoms with Gasteiger partial charge in [0.2, 0.25) is 0 Å². The molecule has 0 bridgehead atoms. The molecule has 1 aliphatic heterocycles. The monoisotopic (exact) mass is 494 g/mol. The fourth-order valence-electron chi connectivity index (χ4n) is 4.76. The summed E-state index contributed by atoms with van der Waals surface area (Å²) in [5.74, 6) is -0.250. The molecule has 0 aliphatic carbocycles. The third kappa shape index (κ3) is 5.26. The predicted octanol–water partition coefficient (Wildman–Crippen LogP) is 5.39. The van der Waals surface area contributed by atoms with Gasteiger partial charge >= 0.3 is 0 Å². The molecule has 5 rings (SSSR count). The van der Waals surface area contributed by atoms with Crippen LogP contribution in [0.15, 0.2) is 53.5 Å². The number of rotatable bonds is 6. The lowest BCUT2D eigenvalue weighted by Gasteiger charge is -2.14. The van der Waals surface area contributed by atoms with Gasteiger partial charge in [0.25, 0.3) is 5.56 Å². The normalized spacial score (nSPS) is 16.3. The second kappa shape index (κ2) is 9.84. The highest BCUT2D eigenvalue weighted by molar-refractivity contribution is 6.32. The van der Waals surface area contributed by atoms with Crippen LogP contribution in [0.5, 0.6) is 0 Å². The van der Waals surface area contributed by atoms with Crippen molar-refractivity contribution in [3.05, 3.63) is 92.6 Å². The largest absolute Gasteiger partial charge is 0.310 e. The molecule has 2 aromatic carbocycles. The fraction of sp³-hybridized carbons (Fsp3) is 0.296. The van der Waals surface area contributed by atoms with Gasteiger partial charge in [-0.2, -0.15) is 0 Å². The van der Waals surface area contributed by atoms with E-state index in [2.05, 4.69) is 21.8 Å². The van der Waals surface area contributed by atoms with E-state index in [1.165, 1.54) is 12.1 Å². The maximum absolute atomic E-state index is 13.5. The SMILES string of the molecule is CCN1CC[C@@H](Cc2cc3nc(Cc4ccc(-c5cc(F)cc(F)c5)nc4)[nH]c(=O)c3cc2Cl)C1. The van der Waals surface area contributed by atoms with Gasteiger partial charge in [-0.3, -0.25) is 9.78 Å². The van der Waals surface area contributed by atoms with Crippen molar-refractivity contribution in [1.82, 2.24) is 19.9 Å². The standard InChI is InChI=1S/C27H25ClF2N4O/c1-2-34-6-5-17(15-34)7-18-11-25-22(13-23(18)28)27(35)33-26(32-25)8-16-3-4-24(31-14-16)19-9-20(29)12-21(30)10-19/h3-4,9-14,17H,2,5-8,15H2,1H3,(H,32,33,35)/t17-/m0/s1. The molecule has 0 saturated carbocycles. The number of aromatic nitrogens is 3. The summed E-state index contributed by atoms with van der Waals surface area (Å²) < 4.78 is 27.1. The third-order valence-corrected chi connectivity index (χ3v) is 6.95. The molecule has 1 atom stereocenters. The zero-order valence-electron chi connectivity index (χ0n) is 19.3. The van der Waals surface area contributed by atoms with Crippen molar-refractivity contribution in [1.29, 1.82) is 0 Å². The Morgan fingerprint density at radius 1 is 1.14 bits per heavy atom. The lowest BCUT2D eigenvalue weighted by molar-refractivity contribution is 0.342. The fourth-order valence-corrected chi connectivity index (χ4v) is 5.00. The van der Waals surface area contributed by atoms with Crippen molar-refractivity contribution >= 4 is 22.5 Å². The van der Waals surface area contributed by atoms with Crippen LogP contribution in [0, 0.1) is 17.6 Å². The number of fused-ring (bicyclic) bond motifs is 1. The summed E-state index contributed by atoms with van der Waals surface area (Å²) in [5.41, 5.74) is 3.03. The summed E-state index contributed by atoms with van der Waals surface area (Å²) in [6, 6.07) is 10.5. The zero-order valence-corrected chi connectivity index (χ0v) is 20.1. The average molecular weight is 495 g/mol. The second-order valence-electron chi connectivity index (χ2n) is 9.11. The molecule has 1 saturated heterocycles. The van der Waals surface area contributed by atoms with Crippen LogP contribution in [0.1, 0.15) is 30.3 Å². The van der Waals surface area contributed by atoms with E-state index < -0.39 is 11.6 Å². The van der Waals surface area contributed by atoms with Gasteiger partial charge in [-0.15, -0.1) is 0 Å². The second-order valence-corrected chi connectivity index (χ2v) is 9.52. The summed E-state index contributed by atoms with van der Waals surface area (Å²) in [7, 11) is 0. The minimum absolute atomic E-state index is 0.240. The van der Waals surface area contributed by atoms with Gasteiger partial charge in [0.15, 0.2) is 0 Å². The molecule has 180 valence electrons. The molecule has 2 aromatic heterocycles. The quantitative estimate of drug-likeness (QED) is 0.390. The third-order valence-electron chi connectivity index (χ3n) is 6.60. The number of aromatic amines is 1. The van der Waals surface area contributed by atoms with Crippen molar-refractivity contribution in [2.75, 3.05) is 19.6 Å². The van der Waals surface area contributed by atoms with Crippen molar-refractivity contribution in [2.24, 2.45) is 5.92 Å². The van der Waals surface area contributed by atoms with E-state index in [0.29, 0.717) is 45.3 Å². The number of hydrogen-bond donors (Lipinski definition) is 1. The highest BCUT2D eigenvalue weighted by atomic mass is 35.5. The van der Waals surface area contributed by atoms with Gasteiger partial charge in [-0.1, -0.05) is 24.6 Å². The van der Waals surface area contributed by atoms with Crippen LogP contribution < -0.4 is 5.56 Å². The Morgan fingerprint density at radius 2 is 1.94 bits per heavy atom. The lowest BCUT2D eigenvalue weighted by Crippen LogP contribution is -2.20. The van der Waals surface area contributed by atoms with Crippen LogP contribution in [0.4, 0.5) is 8.78 Å². The molecule has 8 heteroatoms. The predicted molar refractivity (Wildman–Crippen MR) is 134 cm³/mol. The topological polar surface area (TPSA) is 61.9 Å². The first-order valence-electron chi connectivity index (χ1n) is 11.7. The molecule has 5 nitrogen and oxygen atoms in total. The summed E-state index contributed by atoms with van der Waals surface area (Å²) in [4.78, 5) is 27.0. The van der Waals surface area contributed by atoms with Gasteiger partial charge in [0, 0.05) is 35.8 Å². The van der Waals surface area contributed by atoms with Crippen molar-refractivity contribution in [2.45, 2.75) is 26.2 Å². The van der Waals surface area contributed by atoms with Crippen LogP contribution in [0.2, 0.25) is 5.02 Å². The lowest BCUT2D eigenvalue weighted by atomic mass is 9.97. The molecular formula is C27H25ClF2N4O. The molecule has 1 fully saturated rings. The minimum Gasteiger partial charge on any atom is -0.310 e. The Kier molecular flexibility index (Phi) is 6.62. The van der Waals surface area contributed by atoms with Gasteiger partial charge in [0.05, 0.1) is 16.6 Å². The van der Waals surface area contributed by atoms with Gasteiger partial charge < -0.3 is 9.88 Å². The van der Waals surface area contributed by atoms with Crippen LogP contribution in [0.3, 0.4) is 0 Å². The number of hydrogen-bond acceptors (Lipinski definition) is 4. The summed E-state index contributed by atoms with van der Waals surface area (Å²) >= 11 is 6.53. The van der Waals surface area contributed by atoms with E-state index in [-0.39, 0.29) is 5.56 Å². The zero-order chi connectivity index (χ0) is 24.5. The molecule has 4 aromatic rings. The van der Waals surface area contributed by atoms with E-state index in [0.717, 1.165) is 49.7 Å². The van der Waals surface area contributed by atoms with Crippen LogP contribution >= 0.6 is 11.6 Å². The first kappa shape index (κ1) is 23.6. The first-order valence-corrected chi connectivity index (χ1v) is 12.1. The highest BCUT2D eigenvalue weighted by Crippen LogP contribution is 2.28. The van der Waals surface area contributed by atoms with Crippen LogP contribution in [0.25, 0.3) is 22.2 Å². The number of benzene rings is 2. The molecule has 1 aliphatic rings. The molecule has 1 N–H and O–H groups in total. The Bertz CT molecular complexity index is 1420. The maximum Gasteiger partial charge on any atom is 0.258 e. The van der Waals surface area contributed by atoms with Gasteiger partial charge in [0.1, 0.15) is 17.5 Å². The van der Waals surface area contributed by atoms with Crippen LogP contribution in [-0.2, 0) is 12.8 Å². The van der Waals surface area contributed by atoms with Gasteiger partial charge in [-0.25, -0.2) is 13.8 Å². The van der Waals surface area contributed by atoms with Crippen LogP contribution in [-0.4, -0.2) is 39.5 Å². The van der Waals surface area contributed by atoms with Crippen molar-refractivity contribution in [3.8, 4) is 11.3 Å². The van der Waals surface area contributed by atoms with E-state index in [9.17, 15) is 13.6 Å². The Labute approximate surface area is 206 Å². The Balaban J connectivity index is 1.38. The van der Waals surface area contributed by atoms with Crippen molar-refractivity contribution < 1.29 is 8.78 Å². The molecule has 0 amide bonds. The summed E-state index contributed by atoms with van der Waals surface area (Å²) in [6.45, 7) is 5.39. The first-order chi connectivity index (χ1) is 16.9. The number of nitrogens with zero attached hydrogens (tertiary/aromatic N) is 3. The van der Waals surface area contributed by atoms with E-state index >= 15 is 0 Å².